The molecule has 0 amide bonds. The number of fused-ring (bicyclic) bond motifs is 1. The van der Waals surface area contributed by atoms with E-state index in [0.717, 1.165) is 12.0 Å². The molecule has 0 spiro atoms. The average Bonchev–Trinajstić information content (AvgIpc) is 2.63. The van der Waals surface area contributed by atoms with Gasteiger partial charge in [0.2, 0.25) is 11.9 Å². The fourth-order valence-electron chi connectivity index (χ4n) is 1.60. The Hall–Kier alpha value is -1.67. The van der Waals surface area contributed by atoms with Gasteiger partial charge in [0.05, 0.1) is 6.61 Å². The van der Waals surface area contributed by atoms with Gasteiger partial charge in [-0.2, -0.15) is 4.99 Å². The van der Waals surface area contributed by atoms with Crippen molar-refractivity contribution in [2.75, 3.05) is 6.61 Å². The molecule has 1 unspecified atom stereocenters. The highest BCUT2D eigenvalue weighted by Gasteiger charge is 2.26. The van der Waals surface area contributed by atoms with Crippen molar-refractivity contribution in [3.63, 3.8) is 0 Å². The van der Waals surface area contributed by atoms with Crippen molar-refractivity contribution in [2.45, 2.75) is 19.1 Å². The zero-order chi connectivity index (χ0) is 10.9. The monoisotopic (exact) mass is 207 g/mol. The number of isocyanates is 1. The number of halogens is 1. The first-order valence-electron chi connectivity index (χ1n) is 4.67. The second-order valence-corrected chi connectivity index (χ2v) is 3.58. The van der Waals surface area contributed by atoms with E-state index in [1.807, 2.05) is 0 Å². The third-order valence-corrected chi connectivity index (χ3v) is 2.48. The molecule has 0 saturated carbocycles. The summed E-state index contributed by atoms with van der Waals surface area (Å²) in [4.78, 5) is 13.2. The van der Waals surface area contributed by atoms with Crippen molar-refractivity contribution in [2.24, 2.45) is 4.99 Å². The van der Waals surface area contributed by atoms with Crippen LogP contribution in [0.25, 0.3) is 0 Å². The number of nitrogens with zero attached hydrogens (tertiary/aromatic N) is 1. The minimum atomic E-state index is -2.03. The summed E-state index contributed by atoms with van der Waals surface area (Å²) in [5, 5.41) is 0. The minimum absolute atomic E-state index is 0.312. The number of benzene rings is 1. The molecule has 1 atom stereocenters. The summed E-state index contributed by atoms with van der Waals surface area (Å²) in [6.07, 6.45) is 2.08. The van der Waals surface area contributed by atoms with Crippen LogP contribution in [0.4, 0.5) is 4.39 Å². The van der Waals surface area contributed by atoms with Crippen LogP contribution in [0.1, 0.15) is 18.1 Å². The van der Waals surface area contributed by atoms with E-state index < -0.39 is 5.79 Å². The zero-order valence-electron chi connectivity index (χ0n) is 8.29. The SMILES string of the molecule is CC(F)(N=C=O)c1ccc2c(c1)OCC2. The van der Waals surface area contributed by atoms with Gasteiger partial charge in [0.25, 0.3) is 0 Å². The summed E-state index contributed by atoms with van der Waals surface area (Å²) in [6, 6.07) is 5.01. The Bertz CT molecular complexity index is 436. The van der Waals surface area contributed by atoms with Gasteiger partial charge in [0.1, 0.15) is 5.75 Å². The molecule has 0 fully saturated rings. The van der Waals surface area contributed by atoms with Crippen LogP contribution in [0, 0.1) is 0 Å². The molecule has 4 heteroatoms. The van der Waals surface area contributed by atoms with Crippen molar-refractivity contribution in [1.29, 1.82) is 0 Å². The maximum Gasteiger partial charge on any atom is 0.238 e. The second-order valence-electron chi connectivity index (χ2n) is 3.58. The number of ether oxygens (including phenoxy) is 1. The Morgan fingerprint density at radius 3 is 3.13 bits per heavy atom. The van der Waals surface area contributed by atoms with Crippen molar-refractivity contribution >= 4 is 6.08 Å². The van der Waals surface area contributed by atoms with Crippen molar-refractivity contribution in [3.05, 3.63) is 29.3 Å². The highest BCUT2D eigenvalue weighted by atomic mass is 19.1. The normalized spacial score (nSPS) is 17.2. The quantitative estimate of drug-likeness (QED) is 0.423. The van der Waals surface area contributed by atoms with Crippen molar-refractivity contribution < 1.29 is 13.9 Å². The third kappa shape index (κ3) is 1.76. The Labute approximate surface area is 86.6 Å². The van der Waals surface area contributed by atoms with Crippen LogP contribution >= 0.6 is 0 Å². The molecule has 0 radical (unpaired) electrons. The van der Waals surface area contributed by atoms with E-state index in [0.29, 0.717) is 17.9 Å². The van der Waals surface area contributed by atoms with Crippen molar-refractivity contribution in [1.82, 2.24) is 0 Å². The molecule has 2 rings (SSSR count). The highest BCUT2D eigenvalue weighted by Crippen LogP contribution is 2.33. The smallest absolute Gasteiger partial charge is 0.238 e. The molecule has 0 bridgehead atoms. The van der Waals surface area contributed by atoms with Crippen LogP contribution in [0.3, 0.4) is 0 Å². The first kappa shape index (κ1) is 9.87. The standard InChI is InChI=1S/C11H10FNO2/c1-11(12,13-7-14)9-3-2-8-4-5-15-10(8)6-9/h2-3,6H,4-5H2,1H3. The summed E-state index contributed by atoms with van der Waals surface area (Å²) in [5.41, 5.74) is 1.37. The highest BCUT2D eigenvalue weighted by molar-refractivity contribution is 5.43. The lowest BCUT2D eigenvalue weighted by molar-refractivity contribution is 0.205. The van der Waals surface area contributed by atoms with E-state index in [2.05, 4.69) is 4.99 Å². The third-order valence-electron chi connectivity index (χ3n) is 2.48. The van der Waals surface area contributed by atoms with Gasteiger partial charge in [0, 0.05) is 12.0 Å². The predicted molar refractivity (Wildman–Crippen MR) is 52.2 cm³/mol. The molecule has 78 valence electrons. The summed E-state index contributed by atoms with van der Waals surface area (Å²) in [6.45, 7) is 1.84. The van der Waals surface area contributed by atoms with Gasteiger partial charge in [-0.05, 0) is 18.6 Å². The number of alkyl halides is 1. The fourth-order valence-corrected chi connectivity index (χ4v) is 1.60. The number of carbonyl (C=O) groups excluding carboxylic acids is 1. The number of hydrogen-bond acceptors (Lipinski definition) is 3. The molecular weight excluding hydrogens is 197 g/mol. The zero-order valence-corrected chi connectivity index (χ0v) is 8.29. The van der Waals surface area contributed by atoms with Crippen LogP contribution in [-0.4, -0.2) is 12.7 Å². The molecule has 1 aromatic rings. The molecule has 3 nitrogen and oxygen atoms in total. The summed E-state index contributed by atoms with van der Waals surface area (Å²) < 4.78 is 19.1. The van der Waals surface area contributed by atoms with Crippen LogP contribution < -0.4 is 4.74 Å². The Balaban J connectivity index is 2.42. The van der Waals surface area contributed by atoms with Gasteiger partial charge in [-0.25, -0.2) is 9.18 Å². The van der Waals surface area contributed by atoms with Crippen LogP contribution in [0.2, 0.25) is 0 Å². The maximum atomic E-state index is 13.8. The number of hydrogen-bond donors (Lipinski definition) is 0. The second kappa shape index (κ2) is 3.48. The van der Waals surface area contributed by atoms with Gasteiger partial charge < -0.3 is 4.74 Å². The van der Waals surface area contributed by atoms with Gasteiger partial charge in [0.15, 0.2) is 0 Å². The lowest BCUT2D eigenvalue weighted by Gasteiger charge is -2.14. The van der Waals surface area contributed by atoms with Gasteiger partial charge in [-0.1, -0.05) is 12.1 Å². The van der Waals surface area contributed by atoms with E-state index in [-0.39, 0.29) is 0 Å². The maximum absolute atomic E-state index is 13.8. The van der Waals surface area contributed by atoms with Crippen LogP contribution in [-0.2, 0) is 17.0 Å². The Kier molecular flexibility index (Phi) is 2.29. The van der Waals surface area contributed by atoms with E-state index in [1.54, 1.807) is 18.2 Å². The topological polar surface area (TPSA) is 38.7 Å². The van der Waals surface area contributed by atoms with Crippen LogP contribution in [0.15, 0.2) is 23.2 Å². The van der Waals surface area contributed by atoms with E-state index >= 15 is 0 Å². The predicted octanol–water partition coefficient (Wildman–Crippen LogP) is 2.10. The van der Waals surface area contributed by atoms with Gasteiger partial charge in [-0.3, -0.25) is 0 Å². The van der Waals surface area contributed by atoms with E-state index in [1.165, 1.54) is 13.0 Å². The first-order valence-corrected chi connectivity index (χ1v) is 4.67. The molecule has 1 aliphatic heterocycles. The van der Waals surface area contributed by atoms with E-state index in [9.17, 15) is 9.18 Å². The average molecular weight is 207 g/mol. The molecule has 15 heavy (non-hydrogen) atoms. The van der Waals surface area contributed by atoms with E-state index in [4.69, 9.17) is 4.74 Å². The number of aliphatic imine (C=N–C) groups is 1. The fraction of sp³-hybridized carbons (Fsp3) is 0.364. The summed E-state index contributed by atoms with van der Waals surface area (Å²) in [7, 11) is 0. The molecule has 0 aromatic heterocycles. The lowest BCUT2D eigenvalue weighted by Crippen LogP contribution is -2.11. The molecule has 0 N–H and O–H groups in total. The van der Waals surface area contributed by atoms with Crippen LogP contribution in [0.5, 0.6) is 5.75 Å². The largest absolute Gasteiger partial charge is 0.493 e. The molecular formula is C11H10FNO2. The molecule has 1 heterocycles. The lowest BCUT2D eigenvalue weighted by atomic mass is 10.0. The molecule has 0 saturated heterocycles. The number of rotatable bonds is 2. The first-order chi connectivity index (χ1) is 7.13. The summed E-state index contributed by atoms with van der Waals surface area (Å²) >= 11 is 0. The van der Waals surface area contributed by atoms with Crippen molar-refractivity contribution in [3.8, 4) is 5.75 Å². The molecule has 1 aromatic carbocycles. The van der Waals surface area contributed by atoms with Gasteiger partial charge in [-0.15, -0.1) is 0 Å². The summed E-state index contributed by atoms with van der Waals surface area (Å²) in [5.74, 6) is -1.35. The van der Waals surface area contributed by atoms with Gasteiger partial charge >= 0.3 is 0 Å². The molecule has 0 aliphatic carbocycles. The Morgan fingerprint density at radius 1 is 1.60 bits per heavy atom. The molecule has 1 aliphatic rings. The minimum Gasteiger partial charge on any atom is -0.493 e. The Morgan fingerprint density at radius 2 is 2.40 bits per heavy atom.